The first kappa shape index (κ1) is 21.3. The number of thiophene rings is 1. The fourth-order valence-electron chi connectivity index (χ4n) is 3.45. The third kappa shape index (κ3) is 4.29. The fourth-order valence-corrected chi connectivity index (χ4v) is 4.48. The number of hydrogen-bond acceptors (Lipinski definition) is 5. The number of fused-ring (bicyclic) bond motifs is 2. The molecule has 2 aromatic heterocycles. The minimum atomic E-state index is -0.618. The van der Waals surface area contributed by atoms with Crippen molar-refractivity contribution in [3.8, 4) is 0 Å². The summed E-state index contributed by atoms with van der Waals surface area (Å²) in [4.78, 5) is 26.5. The van der Waals surface area contributed by atoms with Crippen LogP contribution in [-0.2, 0) is 31.5 Å². The van der Waals surface area contributed by atoms with E-state index in [9.17, 15) is 9.59 Å². The molecule has 154 valence electrons. The molecule has 9 heteroatoms. The molecule has 3 N–H and O–H groups in total. The molecule has 0 fully saturated rings. The lowest BCUT2D eigenvalue weighted by Crippen LogP contribution is -2.44. The molecule has 0 spiro atoms. The van der Waals surface area contributed by atoms with Gasteiger partial charge in [0, 0.05) is 32.1 Å². The van der Waals surface area contributed by atoms with Gasteiger partial charge < -0.3 is 16.0 Å². The number of halogens is 1. The molecule has 1 aliphatic heterocycles. The van der Waals surface area contributed by atoms with Crippen LogP contribution >= 0.6 is 23.7 Å². The highest BCUT2D eigenvalue weighted by Crippen LogP contribution is 2.27. The van der Waals surface area contributed by atoms with Gasteiger partial charge in [0.25, 0.3) is 5.91 Å². The first-order chi connectivity index (χ1) is 13.4. The summed E-state index contributed by atoms with van der Waals surface area (Å²) in [5.74, 6) is -0.446. The minimum absolute atomic E-state index is 0. The number of carbonyl (C=O) groups is 2. The molecule has 0 radical (unpaired) electrons. The van der Waals surface area contributed by atoms with E-state index in [4.69, 9.17) is 0 Å². The summed E-state index contributed by atoms with van der Waals surface area (Å²) in [5, 5.41) is 14.3. The average molecular weight is 434 g/mol. The maximum atomic E-state index is 12.5. The normalized spacial score (nSPS) is 13.6. The number of aromatic nitrogens is 2. The van der Waals surface area contributed by atoms with Crippen LogP contribution in [-0.4, -0.2) is 27.6 Å². The Morgan fingerprint density at radius 1 is 1.28 bits per heavy atom. The maximum Gasteiger partial charge on any atom is 0.262 e. The van der Waals surface area contributed by atoms with E-state index in [1.54, 1.807) is 11.6 Å². The third-order valence-electron chi connectivity index (χ3n) is 5.03. The van der Waals surface area contributed by atoms with Gasteiger partial charge in [-0.2, -0.15) is 5.10 Å². The number of carbonyl (C=O) groups excluding carboxylic acids is 2. The smallest absolute Gasteiger partial charge is 0.262 e. The molecule has 0 saturated carbocycles. The van der Waals surface area contributed by atoms with Crippen LogP contribution in [0.25, 0.3) is 10.2 Å². The summed E-state index contributed by atoms with van der Waals surface area (Å²) < 4.78 is 1.77. The summed E-state index contributed by atoms with van der Waals surface area (Å²) >= 11 is 1.38. The number of benzene rings is 1. The van der Waals surface area contributed by atoms with Crippen LogP contribution < -0.4 is 16.0 Å². The van der Waals surface area contributed by atoms with E-state index in [-0.39, 0.29) is 24.2 Å². The lowest BCUT2D eigenvalue weighted by Gasteiger charge is -2.14. The number of amides is 2. The zero-order chi connectivity index (χ0) is 19.8. The Kier molecular flexibility index (Phi) is 6.26. The lowest BCUT2D eigenvalue weighted by molar-refractivity contribution is -0.122. The molecule has 1 aromatic carbocycles. The van der Waals surface area contributed by atoms with E-state index in [2.05, 4.69) is 33.2 Å². The molecule has 3 heterocycles. The first-order valence-corrected chi connectivity index (χ1v) is 10.1. The van der Waals surface area contributed by atoms with Crippen molar-refractivity contribution in [2.24, 2.45) is 7.05 Å². The number of aryl methyl sites for hydroxylation is 2. The predicted octanol–water partition coefficient (Wildman–Crippen LogP) is 2.40. The largest absolute Gasteiger partial charge is 0.350 e. The monoisotopic (exact) mass is 433 g/mol. The summed E-state index contributed by atoms with van der Waals surface area (Å²) in [5.41, 5.74) is 4.54. The first-order valence-electron chi connectivity index (χ1n) is 9.25. The molecule has 1 aliphatic rings. The van der Waals surface area contributed by atoms with Crippen molar-refractivity contribution in [1.82, 2.24) is 25.7 Å². The van der Waals surface area contributed by atoms with Gasteiger partial charge in [-0.15, -0.1) is 23.7 Å². The van der Waals surface area contributed by atoms with E-state index in [1.807, 2.05) is 26.1 Å². The Balaban J connectivity index is 0.00000240. The van der Waals surface area contributed by atoms with Gasteiger partial charge in [0.15, 0.2) is 0 Å². The maximum absolute atomic E-state index is 12.5. The topological polar surface area (TPSA) is 88.0 Å². The lowest BCUT2D eigenvalue weighted by atomic mass is 10.1. The van der Waals surface area contributed by atoms with Crippen molar-refractivity contribution in [3.63, 3.8) is 0 Å². The van der Waals surface area contributed by atoms with Gasteiger partial charge in [-0.25, -0.2) is 0 Å². The van der Waals surface area contributed by atoms with Crippen molar-refractivity contribution in [2.75, 3.05) is 0 Å². The van der Waals surface area contributed by atoms with Crippen molar-refractivity contribution in [1.29, 1.82) is 0 Å². The molecular formula is C20H24ClN5O2S. The van der Waals surface area contributed by atoms with Gasteiger partial charge in [-0.05, 0) is 36.6 Å². The number of nitrogens with one attached hydrogen (secondary N) is 3. The molecule has 1 unspecified atom stereocenters. The Morgan fingerprint density at radius 3 is 2.79 bits per heavy atom. The predicted molar refractivity (Wildman–Crippen MR) is 116 cm³/mol. The Labute approximate surface area is 179 Å². The second kappa shape index (κ2) is 8.52. The molecular weight excluding hydrogens is 410 g/mol. The van der Waals surface area contributed by atoms with Crippen molar-refractivity contribution < 1.29 is 9.59 Å². The highest BCUT2D eigenvalue weighted by atomic mass is 35.5. The SMILES string of the molecule is Cc1nn(C)c2sc(C(=O)NC(C)C(=O)NCc3ccc4c(c3)CNC4)cc12.Cl. The quantitative estimate of drug-likeness (QED) is 0.576. The van der Waals surface area contributed by atoms with Gasteiger partial charge in [0.05, 0.1) is 10.6 Å². The number of rotatable bonds is 5. The zero-order valence-electron chi connectivity index (χ0n) is 16.5. The standard InChI is InChI=1S/C20H23N5O2S.ClH/c1-11-16-7-17(28-20(16)25(3)24-11)19(27)23-12(2)18(26)22-8-13-4-5-14-9-21-10-15(14)6-13;/h4-7,12,21H,8-10H2,1-3H3,(H,22,26)(H,23,27);1H. The van der Waals surface area contributed by atoms with Gasteiger partial charge >= 0.3 is 0 Å². The molecule has 2 amide bonds. The molecule has 7 nitrogen and oxygen atoms in total. The summed E-state index contributed by atoms with van der Waals surface area (Å²) in [7, 11) is 1.86. The average Bonchev–Trinajstić information content (AvgIpc) is 3.37. The highest BCUT2D eigenvalue weighted by molar-refractivity contribution is 7.20. The fraction of sp³-hybridized carbons (Fsp3) is 0.350. The van der Waals surface area contributed by atoms with Crippen LogP contribution in [0.5, 0.6) is 0 Å². The van der Waals surface area contributed by atoms with Crippen LogP contribution in [0, 0.1) is 6.92 Å². The third-order valence-corrected chi connectivity index (χ3v) is 6.23. The van der Waals surface area contributed by atoms with Gasteiger partial charge in [0.2, 0.25) is 5.91 Å². The van der Waals surface area contributed by atoms with Crippen molar-refractivity contribution in [2.45, 2.75) is 39.5 Å². The van der Waals surface area contributed by atoms with Gasteiger partial charge in [0.1, 0.15) is 10.9 Å². The van der Waals surface area contributed by atoms with E-state index >= 15 is 0 Å². The van der Waals surface area contributed by atoms with E-state index in [1.165, 1.54) is 22.5 Å². The summed E-state index contributed by atoms with van der Waals surface area (Å²) in [6.45, 7) is 5.83. The van der Waals surface area contributed by atoms with Crippen LogP contribution in [0.15, 0.2) is 24.3 Å². The number of nitrogens with zero attached hydrogens (tertiary/aromatic N) is 2. The second-order valence-corrected chi connectivity index (χ2v) is 8.19. The molecule has 0 aliphatic carbocycles. The molecule has 3 aromatic rings. The second-order valence-electron chi connectivity index (χ2n) is 7.16. The van der Waals surface area contributed by atoms with Crippen LogP contribution in [0.1, 0.15) is 39.0 Å². The van der Waals surface area contributed by atoms with E-state index < -0.39 is 6.04 Å². The minimum Gasteiger partial charge on any atom is -0.350 e. The van der Waals surface area contributed by atoms with Crippen LogP contribution in [0.4, 0.5) is 0 Å². The molecule has 4 rings (SSSR count). The molecule has 0 bridgehead atoms. The van der Waals surface area contributed by atoms with Gasteiger partial charge in [-0.3, -0.25) is 14.3 Å². The molecule has 0 saturated heterocycles. The molecule has 1 atom stereocenters. The Morgan fingerprint density at radius 2 is 2.03 bits per heavy atom. The number of hydrogen-bond donors (Lipinski definition) is 3. The van der Waals surface area contributed by atoms with Crippen molar-refractivity contribution >= 4 is 45.8 Å². The highest BCUT2D eigenvalue weighted by Gasteiger charge is 2.20. The Hall–Kier alpha value is -2.42. The van der Waals surface area contributed by atoms with E-state index in [0.717, 1.165) is 34.6 Å². The summed E-state index contributed by atoms with van der Waals surface area (Å²) in [6, 6.07) is 7.46. The van der Waals surface area contributed by atoms with Crippen LogP contribution in [0.3, 0.4) is 0 Å². The molecule has 29 heavy (non-hydrogen) atoms. The van der Waals surface area contributed by atoms with Crippen molar-refractivity contribution in [3.05, 3.63) is 51.5 Å². The summed E-state index contributed by atoms with van der Waals surface area (Å²) in [6.07, 6.45) is 0. The van der Waals surface area contributed by atoms with Gasteiger partial charge in [-0.1, -0.05) is 18.2 Å². The zero-order valence-corrected chi connectivity index (χ0v) is 18.2. The van der Waals surface area contributed by atoms with Crippen LogP contribution in [0.2, 0.25) is 0 Å². The van der Waals surface area contributed by atoms with E-state index in [0.29, 0.717) is 11.4 Å². The Bertz CT molecular complexity index is 1040.